The molecule has 0 aromatic rings. The van der Waals surface area contributed by atoms with Gasteiger partial charge in [-0.1, -0.05) is 32.9 Å². The molecular formula is C9H16O2. The fraction of sp³-hybridized carbons (Fsp3) is 0.778. The highest BCUT2D eigenvalue weighted by Crippen LogP contribution is 2.23. The van der Waals surface area contributed by atoms with E-state index in [9.17, 15) is 0 Å². The summed E-state index contributed by atoms with van der Waals surface area (Å²) in [5.41, 5.74) is 0.0754. The Bertz CT molecular complexity index is 134. The van der Waals surface area contributed by atoms with Gasteiger partial charge in [0.25, 0.3) is 0 Å². The summed E-state index contributed by atoms with van der Waals surface area (Å²) in [6.45, 7) is 7.68. The zero-order valence-electron chi connectivity index (χ0n) is 7.46. The van der Waals surface area contributed by atoms with E-state index in [1.54, 1.807) is 0 Å². The molecule has 2 nitrogen and oxygen atoms in total. The maximum Gasteiger partial charge on any atom is 0.163 e. The van der Waals surface area contributed by atoms with Crippen molar-refractivity contribution in [3.63, 3.8) is 0 Å². The molecule has 0 aromatic heterocycles. The van der Waals surface area contributed by atoms with Crippen molar-refractivity contribution < 1.29 is 9.47 Å². The fourth-order valence-electron chi connectivity index (χ4n) is 0.970. The SMILES string of the molecule is CC(C)(C)C1OCC=CCO1. The second kappa shape index (κ2) is 3.37. The smallest absolute Gasteiger partial charge is 0.163 e. The van der Waals surface area contributed by atoms with Gasteiger partial charge in [-0.05, 0) is 0 Å². The van der Waals surface area contributed by atoms with Gasteiger partial charge < -0.3 is 9.47 Å². The Kier molecular flexibility index (Phi) is 2.68. The molecule has 0 fully saturated rings. The number of ether oxygens (including phenoxy) is 2. The van der Waals surface area contributed by atoms with Crippen molar-refractivity contribution in [2.75, 3.05) is 13.2 Å². The third kappa shape index (κ3) is 2.64. The molecule has 0 spiro atoms. The highest BCUT2D eigenvalue weighted by atomic mass is 16.7. The first-order valence-electron chi connectivity index (χ1n) is 3.99. The van der Waals surface area contributed by atoms with Gasteiger partial charge in [0.2, 0.25) is 0 Å². The summed E-state index contributed by atoms with van der Waals surface area (Å²) >= 11 is 0. The number of hydrogen-bond donors (Lipinski definition) is 0. The largest absolute Gasteiger partial charge is 0.348 e. The van der Waals surface area contributed by atoms with Crippen molar-refractivity contribution in [3.8, 4) is 0 Å². The van der Waals surface area contributed by atoms with Gasteiger partial charge in [-0.3, -0.25) is 0 Å². The standard InChI is InChI=1S/C9H16O2/c1-9(2,3)8-10-6-4-5-7-11-8/h4-5,8H,6-7H2,1-3H3. The second-order valence-electron chi connectivity index (χ2n) is 3.84. The summed E-state index contributed by atoms with van der Waals surface area (Å²) in [6, 6.07) is 0. The molecule has 11 heavy (non-hydrogen) atoms. The molecule has 64 valence electrons. The Morgan fingerprint density at radius 2 is 1.55 bits per heavy atom. The summed E-state index contributed by atoms with van der Waals surface area (Å²) in [4.78, 5) is 0. The summed E-state index contributed by atoms with van der Waals surface area (Å²) < 4.78 is 10.9. The van der Waals surface area contributed by atoms with Crippen molar-refractivity contribution in [1.29, 1.82) is 0 Å². The molecule has 0 aliphatic carbocycles. The van der Waals surface area contributed by atoms with Gasteiger partial charge in [0.1, 0.15) is 0 Å². The Morgan fingerprint density at radius 1 is 1.09 bits per heavy atom. The Balaban J connectivity index is 2.47. The van der Waals surface area contributed by atoms with Crippen LogP contribution in [0.15, 0.2) is 12.2 Å². The van der Waals surface area contributed by atoms with Crippen LogP contribution in [0.4, 0.5) is 0 Å². The van der Waals surface area contributed by atoms with Crippen LogP contribution in [-0.2, 0) is 9.47 Å². The molecule has 1 rings (SSSR count). The average molecular weight is 156 g/mol. The van der Waals surface area contributed by atoms with E-state index >= 15 is 0 Å². The maximum atomic E-state index is 5.46. The molecule has 0 bridgehead atoms. The molecule has 0 saturated carbocycles. The van der Waals surface area contributed by atoms with Crippen molar-refractivity contribution in [1.82, 2.24) is 0 Å². The van der Waals surface area contributed by atoms with Gasteiger partial charge in [0.15, 0.2) is 6.29 Å². The van der Waals surface area contributed by atoms with Gasteiger partial charge in [0, 0.05) is 5.41 Å². The lowest BCUT2D eigenvalue weighted by atomic mass is 9.96. The van der Waals surface area contributed by atoms with Crippen LogP contribution in [-0.4, -0.2) is 19.5 Å². The summed E-state index contributed by atoms with van der Waals surface area (Å²) in [5, 5.41) is 0. The van der Waals surface area contributed by atoms with E-state index in [1.807, 2.05) is 12.2 Å². The lowest BCUT2D eigenvalue weighted by Gasteiger charge is -2.28. The van der Waals surface area contributed by atoms with Crippen LogP contribution in [0.1, 0.15) is 20.8 Å². The number of hydrogen-bond acceptors (Lipinski definition) is 2. The molecule has 2 heteroatoms. The summed E-state index contributed by atoms with van der Waals surface area (Å²) in [5.74, 6) is 0. The normalized spacial score (nSPS) is 21.7. The van der Waals surface area contributed by atoms with Crippen LogP contribution in [0, 0.1) is 5.41 Å². The predicted octanol–water partition coefficient (Wildman–Crippen LogP) is 1.96. The molecule has 1 heterocycles. The van der Waals surface area contributed by atoms with E-state index in [2.05, 4.69) is 20.8 Å². The first-order valence-corrected chi connectivity index (χ1v) is 3.99. The molecular weight excluding hydrogens is 140 g/mol. The van der Waals surface area contributed by atoms with Crippen molar-refractivity contribution in [2.45, 2.75) is 27.1 Å². The molecule has 0 atom stereocenters. The Labute approximate surface area is 68.2 Å². The van der Waals surface area contributed by atoms with E-state index in [0.717, 1.165) is 0 Å². The quantitative estimate of drug-likeness (QED) is 0.499. The molecule has 0 aromatic carbocycles. The minimum absolute atomic E-state index is 0.0718. The van der Waals surface area contributed by atoms with Crippen LogP contribution in [0.3, 0.4) is 0 Å². The first kappa shape index (κ1) is 8.75. The van der Waals surface area contributed by atoms with Gasteiger partial charge >= 0.3 is 0 Å². The zero-order valence-corrected chi connectivity index (χ0v) is 7.46. The molecule has 1 aliphatic rings. The van der Waals surface area contributed by atoms with Crippen LogP contribution in [0.25, 0.3) is 0 Å². The first-order chi connectivity index (χ1) is 5.11. The highest BCUT2D eigenvalue weighted by molar-refractivity contribution is 4.85. The lowest BCUT2D eigenvalue weighted by Crippen LogP contribution is -2.31. The number of rotatable bonds is 0. The molecule has 1 aliphatic heterocycles. The van der Waals surface area contributed by atoms with Crippen molar-refractivity contribution in [3.05, 3.63) is 12.2 Å². The minimum Gasteiger partial charge on any atom is -0.348 e. The van der Waals surface area contributed by atoms with E-state index in [4.69, 9.17) is 9.47 Å². The third-order valence-electron chi connectivity index (χ3n) is 1.56. The topological polar surface area (TPSA) is 18.5 Å². The van der Waals surface area contributed by atoms with E-state index < -0.39 is 0 Å². The molecule has 0 unspecified atom stereocenters. The Morgan fingerprint density at radius 3 is 1.91 bits per heavy atom. The van der Waals surface area contributed by atoms with Crippen molar-refractivity contribution >= 4 is 0 Å². The van der Waals surface area contributed by atoms with E-state index in [0.29, 0.717) is 13.2 Å². The molecule has 0 radical (unpaired) electrons. The lowest BCUT2D eigenvalue weighted by molar-refractivity contribution is -0.177. The van der Waals surface area contributed by atoms with Crippen LogP contribution < -0.4 is 0 Å². The molecule has 0 N–H and O–H groups in total. The molecule has 0 amide bonds. The van der Waals surface area contributed by atoms with E-state index in [-0.39, 0.29) is 11.7 Å². The third-order valence-corrected chi connectivity index (χ3v) is 1.56. The average Bonchev–Trinajstić information content (AvgIpc) is 2.10. The monoisotopic (exact) mass is 156 g/mol. The molecule has 0 saturated heterocycles. The van der Waals surface area contributed by atoms with Crippen LogP contribution in [0.2, 0.25) is 0 Å². The van der Waals surface area contributed by atoms with Gasteiger partial charge in [-0.2, -0.15) is 0 Å². The van der Waals surface area contributed by atoms with Gasteiger partial charge in [0.05, 0.1) is 13.2 Å². The second-order valence-corrected chi connectivity index (χ2v) is 3.84. The van der Waals surface area contributed by atoms with E-state index in [1.165, 1.54) is 0 Å². The summed E-state index contributed by atoms with van der Waals surface area (Å²) in [7, 11) is 0. The predicted molar refractivity (Wildman–Crippen MR) is 44.3 cm³/mol. The minimum atomic E-state index is -0.0718. The Hall–Kier alpha value is -0.340. The van der Waals surface area contributed by atoms with Gasteiger partial charge in [-0.15, -0.1) is 0 Å². The van der Waals surface area contributed by atoms with Gasteiger partial charge in [-0.25, -0.2) is 0 Å². The zero-order chi connectivity index (χ0) is 8.32. The van der Waals surface area contributed by atoms with Crippen molar-refractivity contribution in [2.24, 2.45) is 5.41 Å². The maximum absolute atomic E-state index is 5.46. The fourth-order valence-corrected chi connectivity index (χ4v) is 0.970. The van der Waals surface area contributed by atoms with Crippen LogP contribution in [0.5, 0.6) is 0 Å². The highest BCUT2D eigenvalue weighted by Gasteiger charge is 2.26. The van der Waals surface area contributed by atoms with Crippen LogP contribution >= 0.6 is 0 Å². The summed E-state index contributed by atoms with van der Waals surface area (Å²) in [6.07, 6.45) is 3.91.